The molecule has 1 aromatic carbocycles. The molecule has 2 atom stereocenters. The summed E-state index contributed by atoms with van der Waals surface area (Å²) in [6.45, 7) is 5.25. The van der Waals surface area contributed by atoms with Gasteiger partial charge < -0.3 is 25.4 Å². The number of aliphatic carboxylic acids is 1. The standard InChI is InChI=1S/C21H31N3O5/c1-4-21(10-5-6-11-24(3)14-21)16-8-7-9-17(12-16)29-20(28)23-18(19(26)27)13-22-15(2)25/h7-9,12,18H,4-6,10-11,13-14H2,1-3H3,(H,22,25)(H,23,28)(H,26,27)/t18-,21?/m0/s1. The SMILES string of the molecule is CCC1(c2cccc(OC(=O)N[C@@H](CNC(C)=O)C(=O)O)c2)CCCCN(C)C1. The topological polar surface area (TPSA) is 108 Å². The fourth-order valence-electron chi connectivity index (χ4n) is 3.86. The van der Waals surface area contributed by atoms with Crippen molar-refractivity contribution in [2.75, 3.05) is 26.7 Å². The highest BCUT2D eigenvalue weighted by Gasteiger charge is 2.33. The summed E-state index contributed by atoms with van der Waals surface area (Å²) < 4.78 is 5.34. The number of hydrogen-bond donors (Lipinski definition) is 3. The van der Waals surface area contributed by atoms with E-state index in [2.05, 4.69) is 35.6 Å². The third kappa shape index (κ3) is 6.45. The van der Waals surface area contributed by atoms with Crippen molar-refractivity contribution in [2.24, 2.45) is 0 Å². The lowest BCUT2D eigenvalue weighted by Gasteiger charge is -2.35. The van der Waals surface area contributed by atoms with Crippen molar-refractivity contribution in [3.63, 3.8) is 0 Å². The number of nitrogens with zero attached hydrogens (tertiary/aromatic N) is 1. The van der Waals surface area contributed by atoms with E-state index < -0.39 is 18.1 Å². The van der Waals surface area contributed by atoms with E-state index in [1.807, 2.05) is 12.1 Å². The lowest BCUT2D eigenvalue weighted by molar-refractivity contribution is -0.139. The summed E-state index contributed by atoms with van der Waals surface area (Å²) in [6.07, 6.45) is 3.49. The monoisotopic (exact) mass is 405 g/mol. The van der Waals surface area contributed by atoms with Crippen molar-refractivity contribution in [1.82, 2.24) is 15.5 Å². The molecular weight excluding hydrogens is 374 g/mol. The van der Waals surface area contributed by atoms with Gasteiger partial charge >= 0.3 is 12.1 Å². The molecule has 0 radical (unpaired) electrons. The number of likely N-dealkylation sites (N-methyl/N-ethyl adjacent to an activating group) is 1. The van der Waals surface area contributed by atoms with Crippen LogP contribution in [0.15, 0.2) is 24.3 Å². The van der Waals surface area contributed by atoms with Crippen LogP contribution in [-0.4, -0.2) is 60.7 Å². The molecule has 1 aromatic rings. The molecule has 1 aliphatic rings. The molecule has 2 rings (SSSR count). The number of carbonyl (C=O) groups is 3. The summed E-state index contributed by atoms with van der Waals surface area (Å²) in [5.41, 5.74) is 1.11. The number of carbonyl (C=O) groups excluding carboxylic acids is 2. The van der Waals surface area contributed by atoms with Gasteiger partial charge in [0, 0.05) is 25.4 Å². The van der Waals surface area contributed by atoms with Crippen molar-refractivity contribution >= 4 is 18.0 Å². The highest BCUT2D eigenvalue weighted by molar-refractivity contribution is 5.82. The number of benzene rings is 1. The summed E-state index contributed by atoms with van der Waals surface area (Å²) in [6, 6.07) is 6.19. The Labute approximate surface area is 171 Å². The molecule has 1 fully saturated rings. The Bertz CT molecular complexity index is 739. The van der Waals surface area contributed by atoms with Crippen LogP contribution in [0.5, 0.6) is 5.75 Å². The van der Waals surface area contributed by atoms with Crippen LogP contribution in [0.25, 0.3) is 0 Å². The van der Waals surface area contributed by atoms with E-state index >= 15 is 0 Å². The predicted molar refractivity (Wildman–Crippen MR) is 109 cm³/mol. The van der Waals surface area contributed by atoms with Crippen molar-refractivity contribution in [1.29, 1.82) is 0 Å². The van der Waals surface area contributed by atoms with Crippen LogP contribution in [0.1, 0.15) is 45.1 Å². The van der Waals surface area contributed by atoms with Crippen LogP contribution in [0, 0.1) is 0 Å². The van der Waals surface area contributed by atoms with Crippen molar-refractivity contribution in [2.45, 2.75) is 51.0 Å². The van der Waals surface area contributed by atoms with Gasteiger partial charge in [-0.2, -0.15) is 0 Å². The fraction of sp³-hybridized carbons (Fsp3) is 0.571. The van der Waals surface area contributed by atoms with E-state index in [0.29, 0.717) is 5.75 Å². The normalized spacial score (nSPS) is 20.9. The zero-order valence-corrected chi connectivity index (χ0v) is 17.4. The second-order valence-electron chi connectivity index (χ2n) is 7.72. The molecular formula is C21H31N3O5. The third-order valence-electron chi connectivity index (χ3n) is 5.50. The second-order valence-corrected chi connectivity index (χ2v) is 7.72. The molecule has 2 amide bonds. The highest BCUT2D eigenvalue weighted by Crippen LogP contribution is 2.37. The van der Waals surface area contributed by atoms with E-state index in [0.717, 1.165) is 37.9 Å². The van der Waals surface area contributed by atoms with Gasteiger partial charge in [0.15, 0.2) is 0 Å². The first-order chi connectivity index (χ1) is 13.8. The Kier molecular flexibility index (Phi) is 8.01. The Balaban J connectivity index is 2.11. The molecule has 8 heteroatoms. The van der Waals surface area contributed by atoms with Crippen LogP contribution >= 0.6 is 0 Å². The molecule has 8 nitrogen and oxygen atoms in total. The van der Waals surface area contributed by atoms with E-state index in [1.54, 1.807) is 6.07 Å². The van der Waals surface area contributed by atoms with E-state index in [4.69, 9.17) is 4.74 Å². The first-order valence-electron chi connectivity index (χ1n) is 10.0. The minimum Gasteiger partial charge on any atom is -0.480 e. The molecule has 29 heavy (non-hydrogen) atoms. The zero-order chi connectivity index (χ0) is 21.4. The maximum Gasteiger partial charge on any atom is 0.413 e. The van der Waals surface area contributed by atoms with Crippen molar-refractivity contribution in [3.05, 3.63) is 29.8 Å². The molecule has 0 bridgehead atoms. The Hall–Kier alpha value is -2.61. The number of amides is 2. The lowest BCUT2D eigenvalue weighted by Crippen LogP contribution is -2.49. The van der Waals surface area contributed by atoms with Gasteiger partial charge in [0.1, 0.15) is 11.8 Å². The van der Waals surface area contributed by atoms with Gasteiger partial charge in [-0.3, -0.25) is 4.79 Å². The summed E-state index contributed by atoms with van der Waals surface area (Å²) in [5, 5.41) is 13.9. The summed E-state index contributed by atoms with van der Waals surface area (Å²) in [7, 11) is 2.13. The fourth-order valence-corrected chi connectivity index (χ4v) is 3.86. The van der Waals surface area contributed by atoms with Gasteiger partial charge in [-0.05, 0) is 50.6 Å². The molecule has 1 saturated heterocycles. The zero-order valence-electron chi connectivity index (χ0n) is 17.4. The van der Waals surface area contributed by atoms with Gasteiger partial charge in [0.05, 0.1) is 0 Å². The molecule has 0 aliphatic carbocycles. The maximum absolute atomic E-state index is 12.2. The second kappa shape index (κ2) is 10.2. The van der Waals surface area contributed by atoms with Gasteiger partial charge in [0.25, 0.3) is 0 Å². The lowest BCUT2D eigenvalue weighted by atomic mass is 9.74. The molecule has 1 heterocycles. The number of carboxylic acid groups (broad SMARTS) is 1. The van der Waals surface area contributed by atoms with Gasteiger partial charge in [-0.1, -0.05) is 25.5 Å². The largest absolute Gasteiger partial charge is 0.480 e. The Morgan fingerprint density at radius 3 is 2.72 bits per heavy atom. The molecule has 3 N–H and O–H groups in total. The van der Waals surface area contributed by atoms with Crippen LogP contribution in [0.3, 0.4) is 0 Å². The summed E-state index contributed by atoms with van der Waals surface area (Å²) in [5.74, 6) is -1.27. The van der Waals surface area contributed by atoms with Crippen LogP contribution < -0.4 is 15.4 Å². The van der Waals surface area contributed by atoms with E-state index in [1.165, 1.54) is 13.3 Å². The molecule has 0 spiro atoms. The molecule has 0 saturated carbocycles. The average Bonchev–Trinajstić information content (AvgIpc) is 2.87. The smallest absolute Gasteiger partial charge is 0.413 e. The molecule has 1 unspecified atom stereocenters. The number of ether oxygens (including phenoxy) is 1. The molecule has 160 valence electrons. The van der Waals surface area contributed by atoms with Gasteiger partial charge in [-0.15, -0.1) is 0 Å². The maximum atomic E-state index is 12.2. The number of likely N-dealkylation sites (tertiary alicyclic amines) is 1. The quantitative estimate of drug-likeness (QED) is 0.641. The van der Waals surface area contributed by atoms with Gasteiger partial charge in [-0.25, -0.2) is 9.59 Å². The predicted octanol–water partition coefficient (Wildman–Crippen LogP) is 2.13. The van der Waals surface area contributed by atoms with Crippen LogP contribution in [0.2, 0.25) is 0 Å². The Morgan fingerprint density at radius 2 is 2.07 bits per heavy atom. The highest BCUT2D eigenvalue weighted by atomic mass is 16.6. The Morgan fingerprint density at radius 1 is 1.31 bits per heavy atom. The summed E-state index contributed by atoms with van der Waals surface area (Å²) >= 11 is 0. The summed E-state index contributed by atoms with van der Waals surface area (Å²) in [4.78, 5) is 36.8. The van der Waals surface area contributed by atoms with Crippen LogP contribution in [0.4, 0.5) is 4.79 Å². The minimum absolute atomic E-state index is 0.00387. The van der Waals surface area contributed by atoms with Gasteiger partial charge in [0.2, 0.25) is 5.91 Å². The number of rotatable bonds is 7. The van der Waals surface area contributed by atoms with Crippen LogP contribution in [-0.2, 0) is 15.0 Å². The number of carboxylic acids is 1. The van der Waals surface area contributed by atoms with E-state index in [9.17, 15) is 19.5 Å². The average molecular weight is 405 g/mol. The molecule has 1 aliphatic heterocycles. The van der Waals surface area contributed by atoms with Crippen molar-refractivity contribution in [3.8, 4) is 5.75 Å². The first kappa shape index (κ1) is 22.7. The minimum atomic E-state index is -1.27. The third-order valence-corrected chi connectivity index (χ3v) is 5.50. The van der Waals surface area contributed by atoms with Crippen molar-refractivity contribution < 1.29 is 24.2 Å². The number of hydrogen-bond acceptors (Lipinski definition) is 5. The van der Waals surface area contributed by atoms with E-state index in [-0.39, 0.29) is 17.9 Å². The molecule has 0 aromatic heterocycles. The number of nitrogens with one attached hydrogen (secondary N) is 2. The first-order valence-corrected chi connectivity index (χ1v) is 10.0.